The zero-order valence-electron chi connectivity index (χ0n) is 19.2. The fourth-order valence-electron chi connectivity index (χ4n) is 6.55. The summed E-state index contributed by atoms with van der Waals surface area (Å²) >= 11 is 0. The first kappa shape index (κ1) is 21.0. The van der Waals surface area contributed by atoms with Crippen molar-refractivity contribution in [2.45, 2.75) is 90.0 Å². The summed E-state index contributed by atoms with van der Waals surface area (Å²) in [5, 5.41) is 4.58. The van der Waals surface area contributed by atoms with Crippen LogP contribution in [0.2, 0.25) is 0 Å². The third kappa shape index (κ3) is 3.91. The zero-order chi connectivity index (χ0) is 21.4. The molecule has 2 amide bonds. The Labute approximate surface area is 186 Å². The molecular formula is C25H38N4O2. The van der Waals surface area contributed by atoms with Crippen LogP contribution in [0.25, 0.3) is 0 Å². The highest BCUT2D eigenvalue weighted by molar-refractivity contribution is 5.95. The van der Waals surface area contributed by atoms with Crippen LogP contribution < -0.4 is 0 Å². The Morgan fingerprint density at radius 2 is 1.52 bits per heavy atom. The van der Waals surface area contributed by atoms with Crippen LogP contribution in [0, 0.1) is 18.3 Å². The fraction of sp³-hybridized carbons (Fsp3) is 0.800. The molecular weight excluding hydrogens is 388 g/mol. The quantitative estimate of drug-likeness (QED) is 0.719. The molecule has 0 spiro atoms. The molecule has 0 atom stereocenters. The van der Waals surface area contributed by atoms with Gasteiger partial charge in [0, 0.05) is 31.9 Å². The average molecular weight is 427 g/mol. The molecule has 4 fully saturated rings. The van der Waals surface area contributed by atoms with E-state index in [9.17, 15) is 9.59 Å². The van der Waals surface area contributed by atoms with Crippen molar-refractivity contribution in [2.75, 3.05) is 26.2 Å². The predicted octanol–water partition coefficient (Wildman–Crippen LogP) is 4.34. The molecule has 31 heavy (non-hydrogen) atoms. The third-order valence-corrected chi connectivity index (χ3v) is 8.62. The lowest BCUT2D eigenvalue weighted by Crippen LogP contribution is -2.43. The molecule has 5 rings (SSSR count). The second-order valence-electron chi connectivity index (χ2n) is 10.5. The fourth-order valence-corrected chi connectivity index (χ4v) is 6.55. The SMILES string of the molecule is Cc1c(C(=O)N2CCCN(C(=O)C3(C4CCCCC4)CC3)CC2)cnn1C1CCCC1. The molecule has 3 aliphatic carbocycles. The van der Waals surface area contributed by atoms with E-state index in [1.807, 2.05) is 11.8 Å². The van der Waals surface area contributed by atoms with Crippen LogP contribution in [0.1, 0.15) is 99.1 Å². The minimum absolute atomic E-state index is 0.0569. The molecule has 0 bridgehead atoms. The first-order valence-electron chi connectivity index (χ1n) is 12.7. The standard InChI is InChI=1S/C25H38N4O2/c1-19-22(18-26-29(19)21-10-5-6-11-21)23(30)27-14-7-15-28(17-16-27)24(31)25(12-13-25)20-8-3-2-4-9-20/h18,20-21H,2-17H2,1H3. The Morgan fingerprint density at radius 3 is 2.23 bits per heavy atom. The summed E-state index contributed by atoms with van der Waals surface area (Å²) in [5.41, 5.74) is 1.69. The molecule has 2 heterocycles. The van der Waals surface area contributed by atoms with E-state index in [2.05, 4.69) is 14.7 Å². The van der Waals surface area contributed by atoms with E-state index in [-0.39, 0.29) is 11.3 Å². The van der Waals surface area contributed by atoms with Gasteiger partial charge in [-0.3, -0.25) is 14.3 Å². The van der Waals surface area contributed by atoms with Gasteiger partial charge in [0.2, 0.25) is 5.91 Å². The Hall–Kier alpha value is -1.85. The van der Waals surface area contributed by atoms with Gasteiger partial charge in [0.25, 0.3) is 5.91 Å². The summed E-state index contributed by atoms with van der Waals surface area (Å²) in [6.07, 6.45) is 16.0. The predicted molar refractivity (Wildman–Crippen MR) is 120 cm³/mol. The van der Waals surface area contributed by atoms with Gasteiger partial charge in [0.05, 0.1) is 23.2 Å². The minimum Gasteiger partial charge on any atom is -0.340 e. The molecule has 4 aliphatic rings. The van der Waals surface area contributed by atoms with Crippen molar-refractivity contribution in [3.8, 4) is 0 Å². The second-order valence-corrected chi connectivity index (χ2v) is 10.5. The van der Waals surface area contributed by atoms with E-state index < -0.39 is 0 Å². The van der Waals surface area contributed by atoms with Crippen LogP contribution >= 0.6 is 0 Å². The smallest absolute Gasteiger partial charge is 0.257 e. The molecule has 3 saturated carbocycles. The van der Waals surface area contributed by atoms with Crippen LogP contribution in [-0.4, -0.2) is 57.6 Å². The number of nitrogens with zero attached hydrogens (tertiary/aromatic N) is 4. The lowest BCUT2D eigenvalue weighted by Gasteiger charge is -2.33. The van der Waals surface area contributed by atoms with Crippen LogP contribution in [0.15, 0.2) is 6.20 Å². The number of carbonyl (C=O) groups is 2. The van der Waals surface area contributed by atoms with Crippen LogP contribution in [0.4, 0.5) is 0 Å². The Bertz CT molecular complexity index is 815. The Kier molecular flexibility index (Phi) is 5.82. The highest BCUT2D eigenvalue weighted by Crippen LogP contribution is 2.57. The maximum absolute atomic E-state index is 13.5. The molecule has 0 N–H and O–H groups in total. The number of carbonyl (C=O) groups excluding carboxylic acids is 2. The summed E-state index contributed by atoms with van der Waals surface area (Å²) in [5.74, 6) is 1.07. The van der Waals surface area contributed by atoms with Crippen LogP contribution in [-0.2, 0) is 4.79 Å². The van der Waals surface area contributed by atoms with Gasteiger partial charge in [0.1, 0.15) is 0 Å². The van der Waals surface area contributed by atoms with Gasteiger partial charge in [-0.15, -0.1) is 0 Å². The van der Waals surface area contributed by atoms with Crippen LogP contribution in [0.5, 0.6) is 0 Å². The van der Waals surface area contributed by atoms with Crippen molar-refractivity contribution in [2.24, 2.45) is 11.3 Å². The maximum Gasteiger partial charge on any atom is 0.257 e. The van der Waals surface area contributed by atoms with Gasteiger partial charge in [0.15, 0.2) is 0 Å². The lowest BCUT2D eigenvalue weighted by atomic mass is 9.77. The van der Waals surface area contributed by atoms with Gasteiger partial charge >= 0.3 is 0 Å². The zero-order valence-corrected chi connectivity index (χ0v) is 19.2. The van der Waals surface area contributed by atoms with Gasteiger partial charge in [-0.1, -0.05) is 32.1 Å². The number of amides is 2. The van der Waals surface area contributed by atoms with E-state index in [0.29, 0.717) is 31.0 Å². The lowest BCUT2D eigenvalue weighted by molar-refractivity contribution is -0.139. The molecule has 6 nitrogen and oxygen atoms in total. The molecule has 170 valence electrons. The second kappa shape index (κ2) is 8.59. The molecule has 0 radical (unpaired) electrons. The third-order valence-electron chi connectivity index (χ3n) is 8.62. The van der Waals surface area contributed by atoms with E-state index in [1.165, 1.54) is 57.8 Å². The highest BCUT2D eigenvalue weighted by Gasteiger charge is 2.56. The maximum atomic E-state index is 13.5. The number of hydrogen-bond donors (Lipinski definition) is 0. The summed E-state index contributed by atoms with van der Waals surface area (Å²) in [6.45, 7) is 4.87. The van der Waals surface area contributed by atoms with Crippen molar-refractivity contribution < 1.29 is 9.59 Å². The molecule has 0 unspecified atom stereocenters. The molecule has 6 heteroatoms. The molecule has 1 saturated heterocycles. The first-order valence-corrected chi connectivity index (χ1v) is 12.7. The van der Waals surface area contributed by atoms with E-state index in [1.54, 1.807) is 6.20 Å². The van der Waals surface area contributed by atoms with Crippen molar-refractivity contribution >= 4 is 11.8 Å². The van der Waals surface area contributed by atoms with Gasteiger partial charge < -0.3 is 9.80 Å². The molecule has 0 aromatic carbocycles. The average Bonchev–Trinajstić information content (AvgIpc) is 3.37. The van der Waals surface area contributed by atoms with Crippen molar-refractivity contribution in [1.82, 2.24) is 19.6 Å². The van der Waals surface area contributed by atoms with E-state index in [4.69, 9.17) is 0 Å². The Morgan fingerprint density at radius 1 is 0.871 bits per heavy atom. The minimum atomic E-state index is -0.0569. The van der Waals surface area contributed by atoms with Crippen molar-refractivity contribution in [3.05, 3.63) is 17.5 Å². The normalized spacial score (nSPS) is 24.9. The van der Waals surface area contributed by atoms with Crippen molar-refractivity contribution in [3.63, 3.8) is 0 Å². The monoisotopic (exact) mass is 426 g/mol. The number of aromatic nitrogens is 2. The summed E-state index contributed by atoms with van der Waals surface area (Å²) in [6, 6.07) is 0.452. The van der Waals surface area contributed by atoms with Crippen LogP contribution in [0.3, 0.4) is 0 Å². The largest absolute Gasteiger partial charge is 0.340 e. The summed E-state index contributed by atoms with van der Waals surface area (Å²) in [7, 11) is 0. The number of hydrogen-bond acceptors (Lipinski definition) is 3. The summed E-state index contributed by atoms with van der Waals surface area (Å²) in [4.78, 5) is 30.8. The highest BCUT2D eigenvalue weighted by atomic mass is 16.2. The molecule has 1 aliphatic heterocycles. The van der Waals surface area contributed by atoms with E-state index in [0.717, 1.165) is 43.6 Å². The Balaban J connectivity index is 1.23. The first-order chi connectivity index (χ1) is 15.1. The molecule has 1 aromatic heterocycles. The van der Waals surface area contributed by atoms with E-state index >= 15 is 0 Å². The number of rotatable bonds is 4. The van der Waals surface area contributed by atoms with Gasteiger partial charge in [-0.2, -0.15) is 5.10 Å². The van der Waals surface area contributed by atoms with Gasteiger partial charge in [-0.25, -0.2) is 0 Å². The topological polar surface area (TPSA) is 58.4 Å². The van der Waals surface area contributed by atoms with Crippen molar-refractivity contribution in [1.29, 1.82) is 0 Å². The summed E-state index contributed by atoms with van der Waals surface area (Å²) < 4.78 is 2.08. The van der Waals surface area contributed by atoms with Gasteiger partial charge in [-0.05, 0) is 57.8 Å². The molecule has 1 aromatic rings.